The Morgan fingerprint density at radius 1 is 1.00 bits per heavy atom. The van der Waals surface area contributed by atoms with Crippen molar-refractivity contribution in [3.8, 4) is 5.75 Å². The lowest BCUT2D eigenvalue weighted by Gasteiger charge is -2.25. The smallest absolute Gasteiger partial charge is 0.122 e. The van der Waals surface area contributed by atoms with E-state index in [1.54, 1.807) is 7.11 Å². The van der Waals surface area contributed by atoms with Crippen LogP contribution in [0.3, 0.4) is 0 Å². The maximum Gasteiger partial charge on any atom is 0.122 e. The van der Waals surface area contributed by atoms with Crippen LogP contribution in [-0.4, -0.2) is 20.2 Å². The molecule has 0 bridgehead atoms. The molecule has 0 aliphatic rings. The van der Waals surface area contributed by atoms with E-state index in [0.717, 1.165) is 12.2 Å². The Balaban J connectivity index is 2.17. The lowest BCUT2D eigenvalue weighted by atomic mass is 9.89. The maximum atomic E-state index is 5.45. The number of likely N-dealkylation sites (N-methyl/N-ethyl adjacent to an activating group) is 1. The van der Waals surface area contributed by atoms with Gasteiger partial charge in [-0.1, -0.05) is 55.5 Å². The van der Waals surface area contributed by atoms with E-state index < -0.39 is 0 Å². The van der Waals surface area contributed by atoms with Gasteiger partial charge < -0.3 is 10.1 Å². The fraction of sp³-hybridized carbons (Fsp3) is 0.333. The Labute approximate surface area is 121 Å². The average molecular weight is 269 g/mol. The summed E-state index contributed by atoms with van der Waals surface area (Å²) in [6.07, 6.45) is 0.955. The quantitative estimate of drug-likeness (QED) is 0.864. The fourth-order valence-electron chi connectivity index (χ4n) is 2.63. The van der Waals surface area contributed by atoms with E-state index in [-0.39, 0.29) is 0 Å². The van der Waals surface area contributed by atoms with Crippen molar-refractivity contribution in [3.05, 3.63) is 65.7 Å². The van der Waals surface area contributed by atoms with Gasteiger partial charge in [0, 0.05) is 6.04 Å². The van der Waals surface area contributed by atoms with Crippen molar-refractivity contribution in [2.75, 3.05) is 14.2 Å². The SMILES string of the molecule is CNC(Cc1ccccc1OC)C(C)c1ccccc1. The van der Waals surface area contributed by atoms with E-state index in [4.69, 9.17) is 4.74 Å². The highest BCUT2D eigenvalue weighted by Gasteiger charge is 2.18. The molecule has 0 spiro atoms. The first-order valence-corrected chi connectivity index (χ1v) is 7.10. The van der Waals surface area contributed by atoms with Gasteiger partial charge in [0.15, 0.2) is 0 Å². The number of para-hydroxylation sites is 1. The number of ether oxygens (including phenoxy) is 1. The van der Waals surface area contributed by atoms with Crippen LogP contribution in [0.4, 0.5) is 0 Å². The van der Waals surface area contributed by atoms with Gasteiger partial charge in [0.1, 0.15) is 5.75 Å². The van der Waals surface area contributed by atoms with Gasteiger partial charge in [-0.15, -0.1) is 0 Å². The Hall–Kier alpha value is -1.80. The molecule has 0 saturated heterocycles. The molecule has 0 fully saturated rings. The van der Waals surface area contributed by atoms with Crippen LogP contribution < -0.4 is 10.1 Å². The van der Waals surface area contributed by atoms with E-state index in [0.29, 0.717) is 12.0 Å². The summed E-state index contributed by atoms with van der Waals surface area (Å²) in [6.45, 7) is 2.27. The van der Waals surface area contributed by atoms with E-state index in [9.17, 15) is 0 Å². The minimum absolute atomic E-state index is 0.383. The minimum Gasteiger partial charge on any atom is -0.496 e. The Morgan fingerprint density at radius 3 is 2.30 bits per heavy atom. The molecule has 2 rings (SSSR count). The predicted octanol–water partition coefficient (Wildman–Crippen LogP) is 3.63. The molecule has 2 heteroatoms. The molecule has 1 N–H and O–H groups in total. The second-order valence-corrected chi connectivity index (χ2v) is 5.11. The van der Waals surface area contributed by atoms with Crippen molar-refractivity contribution >= 4 is 0 Å². The van der Waals surface area contributed by atoms with Crippen LogP contribution in [0.1, 0.15) is 24.0 Å². The first kappa shape index (κ1) is 14.6. The Kier molecular flexibility index (Phi) is 5.19. The number of methoxy groups -OCH3 is 1. The van der Waals surface area contributed by atoms with Crippen molar-refractivity contribution in [1.82, 2.24) is 5.32 Å². The van der Waals surface area contributed by atoms with Crippen molar-refractivity contribution in [2.24, 2.45) is 0 Å². The van der Waals surface area contributed by atoms with E-state index >= 15 is 0 Å². The van der Waals surface area contributed by atoms with Gasteiger partial charge in [-0.25, -0.2) is 0 Å². The van der Waals surface area contributed by atoms with E-state index in [1.165, 1.54) is 11.1 Å². The standard InChI is InChI=1S/C18H23NO/c1-14(15-9-5-4-6-10-15)17(19-2)13-16-11-7-8-12-18(16)20-3/h4-12,14,17,19H,13H2,1-3H3. The fourth-order valence-corrected chi connectivity index (χ4v) is 2.63. The molecular formula is C18H23NO. The highest BCUT2D eigenvalue weighted by atomic mass is 16.5. The van der Waals surface area contributed by atoms with Gasteiger partial charge in [0.2, 0.25) is 0 Å². The van der Waals surface area contributed by atoms with Crippen LogP contribution in [0.2, 0.25) is 0 Å². The largest absolute Gasteiger partial charge is 0.496 e. The summed E-state index contributed by atoms with van der Waals surface area (Å²) in [6, 6.07) is 19.3. The molecule has 2 atom stereocenters. The molecule has 2 aromatic rings. The van der Waals surface area contributed by atoms with Crippen molar-refractivity contribution in [3.63, 3.8) is 0 Å². The van der Waals surface area contributed by atoms with Crippen LogP contribution >= 0.6 is 0 Å². The monoisotopic (exact) mass is 269 g/mol. The average Bonchev–Trinajstić information content (AvgIpc) is 2.53. The number of hydrogen-bond acceptors (Lipinski definition) is 2. The van der Waals surface area contributed by atoms with Gasteiger partial charge in [-0.05, 0) is 36.6 Å². The molecule has 0 radical (unpaired) electrons. The molecule has 2 unspecified atom stereocenters. The van der Waals surface area contributed by atoms with E-state index in [2.05, 4.69) is 54.7 Å². The van der Waals surface area contributed by atoms with Gasteiger partial charge >= 0.3 is 0 Å². The molecule has 0 heterocycles. The summed E-state index contributed by atoms with van der Waals surface area (Å²) in [5, 5.41) is 3.44. The third-order valence-corrected chi connectivity index (χ3v) is 3.93. The Bertz CT molecular complexity index is 524. The first-order valence-electron chi connectivity index (χ1n) is 7.10. The van der Waals surface area contributed by atoms with Crippen LogP contribution in [0.15, 0.2) is 54.6 Å². The second-order valence-electron chi connectivity index (χ2n) is 5.11. The summed E-state index contributed by atoms with van der Waals surface area (Å²) in [4.78, 5) is 0. The third-order valence-electron chi connectivity index (χ3n) is 3.93. The minimum atomic E-state index is 0.383. The van der Waals surface area contributed by atoms with Crippen molar-refractivity contribution in [1.29, 1.82) is 0 Å². The van der Waals surface area contributed by atoms with Gasteiger partial charge in [-0.2, -0.15) is 0 Å². The molecule has 0 aliphatic heterocycles. The summed E-state index contributed by atoms with van der Waals surface area (Å²) >= 11 is 0. The second kappa shape index (κ2) is 7.11. The summed E-state index contributed by atoms with van der Waals surface area (Å²) < 4.78 is 5.45. The van der Waals surface area contributed by atoms with Crippen molar-refractivity contribution < 1.29 is 4.74 Å². The van der Waals surface area contributed by atoms with E-state index in [1.807, 2.05) is 19.2 Å². The lowest BCUT2D eigenvalue weighted by molar-refractivity contribution is 0.402. The highest BCUT2D eigenvalue weighted by Crippen LogP contribution is 2.25. The molecule has 0 aliphatic carbocycles. The van der Waals surface area contributed by atoms with Crippen LogP contribution in [-0.2, 0) is 6.42 Å². The summed E-state index contributed by atoms with van der Waals surface area (Å²) in [7, 11) is 3.76. The molecule has 0 saturated carbocycles. The number of benzene rings is 2. The van der Waals surface area contributed by atoms with Gasteiger partial charge in [0.25, 0.3) is 0 Å². The zero-order chi connectivity index (χ0) is 14.4. The van der Waals surface area contributed by atoms with Gasteiger partial charge in [0.05, 0.1) is 7.11 Å². The molecule has 2 nitrogen and oxygen atoms in total. The van der Waals surface area contributed by atoms with Gasteiger partial charge in [-0.3, -0.25) is 0 Å². The first-order chi connectivity index (χ1) is 9.76. The van der Waals surface area contributed by atoms with Crippen LogP contribution in [0.5, 0.6) is 5.75 Å². The summed E-state index contributed by atoms with van der Waals surface area (Å²) in [5.74, 6) is 1.42. The molecular weight excluding hydrogens is 246 g/mol. The zero-order valence-electron chi connectivity index (χ0n) is 12.5. The van der Waals surface area contributed by atoms with Crippen LogP contribution in [0, 0.1) is 0 Å². The van der Waals surface area contributed by atoms with Crippen molar-refractivity contribution in [2.45, 2.75) is 25.3 Å². The molecule has 106 valence electrons. The predicted molar refractivity (Wildman–Crippen MR) is 84.4 cm³/mol. The lowest BCUT2D eigenvalue weighted by Crippen LogP contribution is -2.33. The zero-order valence-corrected chi connectivity index (χ0v) is 12.5. The maximum absolute atomic E-state index is 5.45. The molecule has 0 aromatic heterocycles. The molecule has 2 aromatic carbocycles. The highest BCUT2D eigenvalue weighted by molar-refractivity contribution is 5.34. The Morgan fingerprint density at radius 2 is 1.65 bits per heavy atom. The topological polar surface area (TPSA) is 21.3 Å². The third kappa shape index (κ3) is 3.40. The normalized spacial score (nSPS) is 13.8. The summed E-state index contributed by atoms with van der Waals surface area (Å²) in [5.41, 5.74) is 2.61. The number of nitrogens with one attached hydrogen (secondary N) is 1. The number of hydrogen-bond donors (Lipinski definition) is 1. The molecule has 0 amide bonds. The molecule has 20 heavy (non-hydrogen) atoms. The van der Waals surface area contributed by atoms with Crippen LogP contribution in [0.25, 0.3) is 0 Å². The number of rotatable bonds is 6.